The highest BCUT2D eigenvalue weighted by molar-refractivity contribution is 5.80. The molecule has 0 radical (unpaired) electrons. The molecule has 1 amide bonds. The quantitative estimate of drug-likeness (QED) is 0.770. The predicted octanol–water partition coefficient (Wildman–Crippen LogP) is 0.696. The standard InChI is InChI=1S/C11H18N4O/c1-4-13-11(16)8-15(3)10-7-5-6-9(12-2)14-10/h5-7H,4,8H2,1-3H3,(H,12,14)(H,13,16). The first-order chi connectivity index (χ1) is 7.67. The molecule has 5 heteroatoms. The highest BCUT2D eigenvalue weighted by Gasteiger charge is 2.07. The lowest BCUT2D eigenvalue weighted by atomic mass is 10.4. The van der Waals surface area contributed by atoms with Crippen molar-refractivity contribution in [1.29, 1.82) is 0 Å². The maximum absolute atomic E-state index is 11.4. The number of pyridine rings is 1. The van der Waals surface area contributed by atoms with Crippen LogP contribution in [-0.4, -0.2) is 38.1 Å². The Kier molecular flexibility index (Phi) is 4.57. The molecular weight excluding hydrogens is 204 g/mol. The zero-order chi connectivity index (χ0) is 12.0. The fraction of sp³-hybridized carbons (Fsp3) is 0.455. The fourth-order valence-electron chi connectivity index (χ4n) is 1.32. The lowest BCUT2D eigenvalue weighted by Gasteiger charge is -2.17. The van der Waals surface area contributed by atoms with Crippen LogP contribution in [0, 0.1) is 0 Å². The summed E-state index contributed by atoms with van der Waals surface area (Å²) < 4.78 is 0. The van der Waals surface area contributed by atoms with Crippen molar-refractivity contribution in [3.63, 3.8) is 0 Å². The molecule has 0 bridgehead atoms. The van der Waals surface area contributed by atoms with E-state index in [1.165, 1.54) is 0 Å². The zero-order valence-electron chi connectivity index (χ0n) is 9.95. The zero-order valence-corrected chi connectivity index (χ0v) is 9.95. The van der Waals surface area contributed by atoms with Crippen molar-refractivity contribution >= 4 is 17.5 Å². The number of hydrogen-bond donors (Lipinski definition) is 2. The van der Waals surface area contributed by atoms with Gasteiger partial charge < -0.3 is 15.5 Å². The SMILES string of the molecule is CCNC(=O)CN(C)c1cccc(NC)n1. The second-order valence-corrected chi connectivity index (χ2v) is 3.44. The number of rotatable bonds is 5. The number of carbonyl (C=O) groups is 1. The van der Waals surface area contributed by atoms with Gasteiger partial charge in [-0.2, -0.15) is 0 Å². The molecule has 2 N–H and O–H groups in total. The molecule has 1 aromatic rings. The van der Waals surface area contributed by atoms with Gasteiger partial charge in [0, 0.05) is 20.6 Å². The fourth-order valence-corrected chi connectivity index (χ4v) is 1.32. The topological polar surface area (TPSA) is 57.3 Å². The van der Waals surface area contributed by atoms with Gasteiger partial charge in [0.15, 0.2) is 0 Å². The van der Waals surface area contributed by atoms with Gasteiger partial charge in [-0.15, -0.1) is 0 Å². The van der Waals surface area contributed by atoms with Crippen molar-refractivity contribution in [3.8, 4) is 0 Å². The number of hydrogen-bond acceptors (Lipinski definition) is 4. The largest absolute Gasteiger partial charge is 0.373 e. The number of amides is 1. The van der Waals surface area contributed by atoms with Crippen LogP contribution in [0.2, 0.25) is 0 Å². The highest BCUT2D eigenvalue weighted by atomic mass is 16.2. The summed E-state index contributed by atoms with van der Waals surface area (Å²) >= 11 is 0. The molecule has 1 aromatic heterocycles. The average molecular weight is 222 g/mol. The van der Waals surface area contributed by atoms with Crippen LogP contribution in [-0.2, 0) is 4.79 Å². The summed E-state index contributed by atoms with van der Waals surface area (Å²) in [6.07, 6.45) is 0. The van der Waals surface area contributed by atoms with Crippen LogP contribution in [0.5, 0.6) is 0 Å². The smallest absolute Gasteiger partial charge is 0.239 e. The minimum Gasteiger partial charge on any atom is -0.373 e. The summed E-state index contributed by atoms with van der Waals surface area (Å²) in [7, 11) is 3.66. The second-order valence-electron chi connectivity index (χ2n) is 3.44. The third-order valence-electron chi connectivity index (χ3n) is 2.14. The van der Waals surface area contributed by atoms with E-state index in [1.807, 2.05) is 44.1 Å². The van der Waals surface area contributed by atoms with Crippen LogP contribution in [0.25, 0.3) is 0 Å². The van der Waals surface area contributed by atoms with Crippen LogP contribution in [0.4, 0.5) is 11.6 Å². The predicted molar refractivity (Wildman–Crippen MR) is 65.7 cm³/mol. The van der Waals surface area contributed by atoms with E-state index in [0.29, 0.717) is 13.1 Å². The second kappa shape index (κ2) is 5.95. The molecule has 5 nitrogen and oxygen atoms in total. The number of likely N-dealkylation sites (N-methyl/N-ethyl adjacent to an activating group) is 2. The van der Waals surface area contributed by atoms with E-state index in [2.05, 4.69) is 15.6 Å². The Morgan fingerprint density at radius 3 is 2.88 bits per heavy atom. The number of nitrogens with one attached hydrogen (secondary N) is 2. The molecule has 0 aliphatic rings. The molecule has 0 spiro atoms. The van der Waals surface area contributed by atoms with E-state index in [9.17, 15) is 4.79 Å². The van der Waals surface area contributed by atoms with Crippen LogP contribution in [0.15, 0.2) is 18.2 Å². The normalized spacial score (nSPS) is 9.69. The van der Waals surface area contributed by atoms with Gasteiger partial charge in [-0.3, -0.25) is 4.79 Å². The van der Waals surface area contributed by atoms with Crippen molar-refractivity contribution in [2.45, 2.75) is 6.92 Å². The molecule has 88 valence electrons. The van der Waals surface area contributed by atoms with Crippen LogP contribution >= 0.6 is 0 Å². The van der Waals surface area contributed by atoms with E-state index in [0.717, 1.165) is 11.6 Å². The molecule has 0 saturated heterocycles. The number of aromatic nitrogens is 1. The van der Waals surface area contributed by atoms with Crippen LogP contribution < -0.4 is 15.5 Å². The van der Waals surface area contributed by atoms with Gasteiger partial charge in [-0.1, -0.05) is 6.07 Å². The summed E-state index contributed by atoms with van der Waals surface area (Å²) in [5.74, 6) is 1.57. The van der Waals surface area contributed by atoms with Gasteiger partial charge in [-0.05, 0) is 19.1 Å². The monoisotopic (exact) mass is 222 g/mol. The third-order valence-corrected chi connectivity index (χ3v) is 2.14. The van der Waals surface area contributed by atoms with Crippen molar-refractivity contribution < 1.29 is 4.79 Å². The first kappa shape index (κ1) is 12.3. The number of carbonyl (C=O) groups excluding carboxylic acids is 1. The van der Waals surface area contributed by atoms with Crippen LogP contribution in [0.1, 0.15) is 6.92 Å². The Morgan fingerprint density at radius 2 is 2.25 bits per heavy atom. The van der Waals surface area contributed by atoms with E-state index in [4.69, 9.17) is 0 Å². The van der Waals surface area contributed by atoms with E-state index in [1.54, 1.807) is 0 Å². The molecular formula is C11H18N4O. The van der Waals surface area contributed by atoms with E-state index >= 15 is 0 Å². The average Bonchev–Trinajstić information content (AvgIpc) is 2.29. The maximum Gasteiger partial charge on any atom is 0.239 e. The van der Waals surface area contributed by atoms with Crippen molar-refractivity contribution in [2.75, 3.05) is 37.4 Å². The minimum absolute atomic E-state index is 0.00154. The highest BCUT2D eigenvalue weighted by Crippen LogP contribution is 2.11. The summed E-state index contributed by atoms with van der Waals surface area (Å²) in [6.45, 7) is 2.86. The molecule has 0 fully saturated rings. The van der Waals surface area contributed by atoms with Gasteiger partial charge in [0.05, 0.1) is 6.54 Å². The first-order valence-corrected chi connectivity index (χ1v) is 5.30. The Labute approximate surface area is 95.9 Å². The first-order valence-electron chi connectivity index (χ1n) is 5.30. The number of anilines is 2. The van der Waals surface area contributed by atoms with Gasteiger partial charge in [0.1, 0.15) is 11.6 Å². The van der Waals surface area contributed by atoms with Crippen molar-refractivity contribution in [1.82, 2.24) is 10.3 Å². The molecule has 0 aliphatic carbocycles. The minimum atomic E-state index is 0.00154. The summed E-state index contributed by atoms with van der Waals surface area (Å²) in [4.78, 5) is 17.5. The molecule has 0 unspecified atom stereocenters. The summed E-state index contributed by atoms with van der Waals surface area (Å²) in [6, 6.07) is 5.66. The van der Waals surface area contributed by atoms with E-state index in [-0.39, 0.29) is 5.91 Å². The molecule has 0 atom stereocenters. The Bertz CT molecular complexity index is 354. The molecule has 1 rings (SSSR count). The molecule has 0 aliphatic heterocycles. The molecule has 0 saturated carbocycles. The Balaban J connectivity index is 2.64. The molecule has 0 aromatic carbocycles. The van der Waals surface area contributed by atoms with Crippen molar-refractivity contribution in [2.24, 2.45) is 0 Å². The molecule has 1 heterocycles. The van der Waals surface area contributed by atoms with Crippen molar-refractivity contribution in [3.05, 3.63) is 18.2 Å². The Hall–Kier alpha value is -1.78. The van der Waals surface area contributed by atoms with Gasteiger partial charge in [0.2, 0.25) is 5.91 Å². The maximum atomic E-state index is 11.4. The summed E-state index contributed by atoms with van der Waals surface area (Å²) in [5.41, 5.74) is 0. The van der Waals surface area contributed by atoms with Gasteiger partial charge in [-0.25, -0.2) is 4.98 Å². The van der Waals surface area contributed by atoms with E-state index < -0.39 is 0 Å². The lowest BCUT2D eigenvalue weighted by molar-refractivity contribution is -0.119. The van der Waals surface area contributed by atoms with Gasteiger partial charge >= 0.3 is 0 Å². The van der Waals surface area contributed by atoms with Crippen LogP contribution in [0.3, 0.4) is 0 Å². The molecule has 16 heavy (non-hydrogen) atoms. The van der Waals surface area contributed by atoms with Gasteiger partial charge in [0.25, 0.3) is 0 Å². The Morgan fingerprint density at radius 1 is 1.50 bits per heavy atom. The third kappa shape index (κ3) is 3.42. The lowest BCUT2D eigenvalue weighted by Crippen LogP contribution is -2.35. The number of nitrogens with zero attached hydrogens (tertiary/aromatic N) is 2. The summed E-state index contributed by atoms with van der Waals surface area (Å²) in [5, 5.41) is 5.71.